The number of benzene rings is 1. The Kier molecular flexibility index (Phi) is 4.44. The Morgan fingerprint density at radius 1 is 1.25 bits per heavy atom. The van der Waals surface area contributed by atoms with Crippen molar-refractivity contribution in [3.05, 3.63) is 27.6 Å². The lowest BCUT2D eigenvalue weighted by molar-refractivity contribution is 0.201. The molecular weight excluding hydrogens is 318 g/mol. The summed E-state index contributed by atoms with van der Waals surface area (Å²) < 4.78 is 20.0. The highest BCUT2D eigenvalue weighted by Gasteiger charge is 2.15. The van der Waals surface area contributed by atoms with Crippen LogP contribution in [0.15, 0.2) is 18.2 Å². The highest BCUT2D eigenvalue weighted by molar-refractivity contribution is 14.1. The smallest absolute Gasteiger partial charge is 0.168 e. The van der Waals surface area contributed by atoms with Gasteiger partial charge in [0.05, 0.1) is 10.2 Å². The van der Waals surface area contributed by atoms with E-state index in [1.165, 1.54) is 38.2 Å². The van der Waals surface area contributed by atoms with Gasteiger partial charge in [0.15, 0.2) is 11.6 Å². The van der Waals surface area contributed by atoms with Crippen molar-refractivity contribution in [3.8, 4) is 5.75 Å². The van der Waals surface area contributed by atoms with Gasteiger partial charge in [-0.05, 0) is 53.5 Å². The zero-order chi connectivity index (χ0) is 11.4. The van der Waals surface area contributed by atoms with Crippen LogP contribution >= 0.6 is 22.6 Å². The fraction of sp³-hybridized carbons (Fsp3) is 0.538. The molecule has 16 heavy (non-hydrogen) atoms. The molecule has 1 nitrogen and oxygen atoms in total. The maximum atomic E-state index is 13.5. The van der Waals surface area contributed by atoms with E-state index < -0.39 is 0 Å². The number of hydrogen-bond acceptors (Lipinski definition) is 1. The molecule has 0 radical (unpaired) electrons. The molecule has 1 aliphatic rings. The van der Waals surface area contributed by atoms with Crippen molar-refractivity contribution in [1.82, 2.24) is 0 Å². The lowest BCUT2D eigenvalue weighted by atomic mass is 9.90. The first kappa shape index (κ1) is 12.1. The first-order valence-corrected chi connectivity index (χ1v) is 6.92. The zero-order valence-electron chi connectivity index (χ0n) is 9.22. The Bertz CT molecular complexity index is 328. The monoisotopic (exact) mass is 334 g/mol. The maximum absolute atomic E-state index is 13.5. The van der Waals surface area contributed by atoms with E-state index in [-0.39, 0.29) is 5.82 Å². The van der Waals surface area contributed by atoms with Gasteiger partial charge >= 0.3 is 0 Å². The second-order valence-corrected chi connectivity index (χ2v) is 5.53. The quantitative estimate of drug-likeness (QED) is 0.745. The van der Waals surface area contributed by atoms with Crippen LogP contribution in [0.2, 0.25) is 0 Å². The molecule has 1 aromatic rings. The molecule has 2 rings (SSSR count). The third-order valence-corrected chi connectivity index (χ3v) is 3.96. The van der Waals surface area contributed by atoms with Crippen molar-refractivity contribution in [1.29, 1.82) is 0 Å². The van der Waals surface area contributed by atoms with Gasteiger partial charge in [0, 0.05) is 0 Å². The predicted octanol–water partition coefficient (Wildman–Crippen LogP) is 4.39. The molecule has 88 valence electrons. The Morgan fingerprint density at radius 3 is 2.69 bits per heavy atom. The summed E-state index contributed by atoms with van der Waals surface area (Å²) in [7, 11) is 0. The largest absolute Gasteiger partial charge is 0.489 e. The average molecular weight is 334 g/mol. The minimum atomic E-state index is -0.247. The summed E-state index contributed by atoms with van der Waals surface area (Å²) in [5.41, 5.74) is 0. The fourth-order valence-electron chi connectivity index (χ4n) is 2.18. The van der Waals surface area contributed by atoms with E-state index in [0.29, 0.717) is 18.3 Å². The molecule has 0 spiro atoms. The lowest BCUT2D eigenvalue weighted by Crippen LogP contribution is -2.16. The topological polar surface area (TPSA) is 9.23 Å². The molecule has 3 heteroatoms. The SMILES string of the molecule is Fc1cccc(I)c1OCC1CCCCC1. The number of ether oxygens (including phenoxy) is 1. The van der Waals surface area contributed by atoms with Gasteiger partial charge in [-0.1, -0.05) is 25.3 Å². The van der Waals surface area contributed by atoms with E-state index in [9.17, 15) is 4.39 Å². The molecule has 0 aliphatic heterocycles. The molecule has 0 heterocycles. The van der Waals surface area contributed by atoms with Crippen molar-refractivity contribution in [2.24, 2.45) is 5.92 Å². The summed E-state index contributed by atoms with van der Waals surface area (Å²) in [6.07, 6.45) is 6.38. The van der Waals surface area contributed by atoms with Gasteiger partial charge in [-0.3, -0.25) is 0 Å². The molecule has 0 atom stereocenters. The second kappa shape index (κ2) is 5.84. The van der Waals surface area contributed by atoms with Gasteiger partial charge in [-0.15, -0.1) is 0 Å². The van der Waals surface area contributed by atoms with Gasteiger partial charge in [0.1, 0.15) is 0 Å². The van der Waals surface area contributed by atoms with Crippen LogP contribution in [0, 0.1) is 15.3 Å². The maximum Gasteiger partial charge on any atom is 0.168 e. The Morgan fingerprint density at radius 2 is 2.00 bits per heavy atom. The minimum absolute atomic E-state index is 0.247. The van der Waals surface area contributed by atoms with Crippen molar-refractivity contribution in [2.45, 2.75) is 32.1 Å². The number of rotatable bonds is 3. The van der Waals surface area contributed by atoms with Gasteiger partial charge in [0.2, 0.25) is 0 Å². The highest BCUT2D eigenvalue weighted by atomic mass is 127. The van der Waals surface area contributed by atoms with E-state index in [1.807, 2.05) is 6.07 Å². The zero-order valence-corrected chi connectivity index (χ0v) is 11.4. The molecular formula is C13H16FIO. The summed E-state index contributed by atoms with van der Waals surface area (Å²) >= 11 is 2.12. The van der Waals surface area contributed by atoms with Crippen LogP contribution in [-0.4, -0.2) is 6.61 Å². The standard InChI is InChI=1S/C13H16FIO/c14-11-7-4-8-12(15)13(11)16-9-10-5-2-1-3-6-10/h4,7-8,10H,1-3,5-6,9H2. The van der Waals surface area contributed by atoms with E-state index in [0.717, 1.165) is 3.57 Å². The van der Waals surface area contributed by atoms with Crippen LogP contribution in [0.4, 0.5) is 4.39 Å². The van der Waals surface area contributed by atoms with E-state index in [2.05, 4.69) is 22.6 Å². The van der Waals surface area contributed by atoms with Crippen LogP contribution in [0.5, 0.6) is 5.75 Å². The molecule has 1 fully saturated rings. The summed E-state index contributed by atoms with van der Waals surface area (Å²) in [6.45, 7) is 0.664. The van der Waals surface area contributed by atoms with E-state index in [1.54, 1.807) is 6.07 Å². The van der Waals surface area contributed by atoms with Crippen LogP contribution < -0.4 is 4.74 Å². The third kappa shape index (κ3) is 3.09. The Balaban J connectivity index is 1.93. The number of hydrogen-bond donors (Lipinski definition) is 0. The van der Waals surface area contributed by atoms with Crippen molar-refractivity contribution >= 4 is 22.6 Å². The predicted molar refractivity (Wildman–Crippen MR) is 71.2 cm³/mol. The normalized spacial score (nSPS) is 17.4. The molecule has 0 amide bonds. The summed E-state index contributed by atoms with van der Waals surface area (Å²) in [5.74, 6) is 0.792. The van der Waals surface area contributed by atoms with Gasteiger partial charge in [-0.25, -0.2) is 4.39 Å². The molecule has 0 saturated heterocycles. The summed E-state index contributed by atoms with van der Waals surface area (Å²) in [5, 5.41) is 0. The Labute approximate surface area is 110 Å². The molecule has 1 aliphatic carbocycles. The van der Waals surface area contributed by atoms with Gasteiger partial charge < -0.3 is 4.74 Å². The van der Waals surface area contributed by atoms with Crippen molar-refractivity contribution in [2.75, 3.05) is 6.61 Å². The molecule has 0 N–H and O–H groups in total. The molecule has 0 bridgehead atoms. The van der Waals surface area contributed by atoms with E-state index in [4.69, 9.17) is 4.74 Å². The van der Waals surface area contributed by atoms with Crippen LogP contribution in [0.1, 0.15) is 32.1 Å². The first-order valence-electron chi connectivity index (χ1n) is 5.84. The van der Waals surface area contributed by atoms with Crippen LogP contribution in [-0.2, 0) is 0 Å². The van der Waals surface area contributed by atoms with Crippen LogP contribution in [0.3, 0.4) is 0 Å². The minimum Gasteiger partial charge on any atom is -0.489 e. The first-order chi connectivity index (χ1) is 7.77. The fourth-order valence-corrected chi connectivity index (χ4v) is 2.80. The van der Waals surface area contributed by atoms with Crippen molar-refractivity contribution < 1.29 is 9.13 Å². The average Bonchev–Trinajstić information content (AvgIpc) is 2.30. The molecule has 1 saturated carbocycles. The second-order valence-electron chi connectivity index (χ2n) is 4.37. The molecule has 0 aromatic heterocycles. The number of halogens is 2. The van der Waals surface area contributed by atoms with Gasteiger partial charge in [-0.2, -0.15) is 0 Å². The molecule has 0 unspecified atom stereocenters. The lowest BCUT2D eigenvalue weighted by Gasteiger charge is -2.22. The highest BCUT2D eigenvalue weighted by Crippen LogP contribution is 2.28. The summed E-state index contributed by atoms with van der Waals surface area (Å²) in [6, 6.07) is 5.04. The van der Waals surface area contributed by atoms with E-state index >= 15 is 0 Å². The Hall–Kier alpha value is -0.320. The molecule has 1 aromatic carbocycles. The van der Waals surface area contributed by atoms with Crippen LogP contribution in [0.25, 0.3) is 0 Å². The summed E-state index contributed by atoms with van der Waals surface area (Å²) in [4.78, 5) is 0. The van der Waals surface area contributed by atoms with Crippen molar-refractivity contribution in [3.63, 3.8) is 0 Å². The van der Waals surface area contributed by atoms with Gasteiger partial charge in [0.25, 0.3) is 0 Å². The number of para-hydroxylation sites is 1. The third-order valence-electron chi connectivity index (χ3n) is 3.11.